The number of para-hydroxylation sites is 1. The van der Waals surface area contributed by atoms with Crippen LogP contribution in [0.4, 0.5) is 11.4 Å². The third-order valence-electron chi connectivity index (χ3n) is 4.76. The number of halogens is 2. The van der Waals surface area contributed by atoms with Crippen LogP contribution in [0.25, 0.3) is 0 Å². The minimum atomic E-state index is -0.308. The summed E-state index contributed by atoms with van der Waals surface area (Å²) >= 11 is 6.18. The first-order valence-electron chi connectivity index (χ1n) is 9.28. The molecule has 3 rings (SSSR count). The molecule has 3 N–H and O–H groups in total. The minimum absolute atomic E-state index is 0. The number of piperidine rings is 1. The second-order valence-electron chi connectivity index (χ2n) is 6.80. The van der Waals surface area contributed by atoms with E-state index in [9.17, 15) is 9.59 Å². The fourth-order valence-corrected chi connectivity index (χ4v) is 3.43. The van der Waals surface area contributed by atoms with Crippen LogP contribution in [-0.4, -0.2) is 24.9 Å². The van der Waals surface area contributed by atoms with Crippen molar-refractivity contribution in [2.75, 3.05) is 23.7 Å². The standard InChI is InChI=1S/C21H24ClN3O2.ClH/c22-19-8-7-17(24-20(26)9-6-15-10-12-23-13-11-15)14-18(19)21(27)25-16-4-2-1-3-5-16;/h1-5,7-8,14-15,23H,6,9-13H2,(H,24,26)(H,25,27);1H. The van der Waals surface area contributed by atoms with Crippen LogP contribution in [0.3, 0.4) is 0 Å². The highest BCUT2D eigenvalue weighted by molar-refractivity contribution is 6.34. The third-order valence-corrected chi connectivity index (χ3v) is 5.09. The molecule has 150 valence electrons. The summed E-state index contributed by atoms with van der Waals surface area (Å²) in [5, 5.41) is 9.35. The number of carbonyl (C=O) groups excluding carboxylic acids is 2. The predicted molar refractivity (Wildman–Crippen MR) is 117 cm³/mol. The van der Waals surface area contributed by atoms with Gasteiger partial charge in [-0.3, -0.25) is 9.59 Å². The first kappa shape index (κ1) is 22.2. The van der Waals surface area contributed by atoms with Crippen molar-refractivity contribution in [3.63, 3.8) is 0 Å². The molecular formula is C21H25Cl2N3O2. The summed E-state index contributed by atoms with van der Waals surface area (Å²) < 4.78 is 0. The first-order chi connectivity index (χ1) is 13.1. The zero-order valence-electron chi connectivity index (χ0n) is 15.5. The van der Waals surface area contributed by atoms with Crippen molar-refractivity contribution >= 4 is 47.2 Å². The average Bonchev–Trinajstić information content (AvgIpc) is 2.69. The van der Waals surface area contributed by atoms with Gasteiger partial charge in [-0.2, -0.15) is 0 Å². The molecule has 0 radical (unpaired) electrons. The van der Waals surface area contributed by atoms with E-state index in [4.69, 9.17) is 11.6 Å². The van der Waals surface area contributed by atoms with Crippen LogP contribution in [-0.2, 0) is 4.79 Å². The van der Waals surface area contributed by atoms with Gasteiger partial charge >= 0.3 is 0 Å². The van der Waals surface area contributed by atoms with E-state index in [1.807, 2.05) is 18.2 Å². The highest BCUT2D eigenvalue weighted by Gasteiger charge is 2.16. The van der Waals surface area contributed by atoms with Crippen LogP contribution in [0, 0.1) is 5.92 Å². The van der Waals surface area contributed by atoms with Crippen molar-refractivity contribution < 1.29 is 9.59 Å². The van der Waals surface area contributed by atoms with Gasteiger partial charge in [0.15, 0.2) is 0 Å². The van der Waals surface area contributed by atoms with Gasteiger partial charge in [0, 0.05) is 17.8 Å². The summed E-state index contributed by atoms with van der Waals surface area (Å²) in [6.07, 6.45) is 3.62. The van der Waals surface area contributed by atoms with Crippen LogP contribution in [0.15, 0.2) is 48.5 Å². The Labute approximate surface area is 176 Å². The topological polar surface area (TPSA) is 70.2 Å². The Kier molecular flexibility index (Phi) is 8.77. The molecule has 2 amide bonds. The second-order valence-corrected chi connectivity index (χ2v) is 7.20. The van der Waals surface area contributed by atoms with Crippen LogP contribution >= 0.6 is 24.0 Å². The Morgan fingerprint density at radius 2 is 1.71 bits per heavy atom. The largest absolute Gasteiger partial charge is 0.326 e. The molecule has 0 saturated carbocycles. The smallest absolute Gasteiger partial charge is 0.257 e. The second kappa shape index (κ2) is 11.1. The van der Waals surface area contributed by atoms with Crippen LogP contribution in [0.5, 0.6) is 0 Å². The summed E-state index contributed by atoms with van der Waals surface area (Å²) in [5.74, 6) is 0.261. The predicted octanol–water partition coefficient (Wildman–Crippen LogP) is 4.73. The van der Waals surface area contributed by atoms with Crippen molar-refractivity contribution in [1.82, 2.24) is 5.32 Å². The molecule has 1 heterocycles. The lowest BCUT2D eigenvalue weighted by molar-refractivity contribution is -0.116. The van der Waals surface area contributed by atoms with Gasteiger partial charge in [-0.15, -0.1) is 12.4 Å². The molecule has 2 aromatic carbocycles. The molecule has 0 unspecified atom stereocenters. The van der Waals surface area contributed by atoms with Crippen LogP contribution in [0.2, 0.25) is 5.02 Å². The first-order valence-corrected chi connectivity index (χ1v) is 9.66. The molecule has 1 fully saturated rings. The molecule has 0 aromatic heterocycles. The number of nitrogens with one attached hydrogen (secondary N) is 3. The molecule has 28 heavy (non-hydrogen) atoms. The van der Waals surface area contributed by atoms with Gasteiger partial charge in [-0.25, -0.2) is 0 Å². The van der Waals surface area contributed by atoms with Crippen molar-refractivity contribution in [1.29, 1.82) is 0 Å². The van der Waals surface area contributed by atoms with Crippen LogP contribution < -0.4 is 16.0 Å². The summed E-state index contributed by atoms with van der Waals surface area (Å²) in [6, 6.07) is 14.1. The normalized spacial score (nSPS) is 14.0. The summed E-state index contributed by atoms with van der Waals surface area (Å²) in [6.45, 7) is 2.06. The summed E-state index contributed by atoms with van der Waals surface area (Å²) in [7, 11) is 0. The number of amides is 2. The summed E-state index contributed by atoms with van der Waals surface area (Å²) in [5.41, 5.74) is 1.60. The van der Waals surface area contributed by atoms with Gasteiger partial charge in [0.05, 0.1) is 10.6 Å². The van der Waals surface area contributed by atoms with Gasteiger partial charge in [0.2, 0.25) is 5.91 Å². The van der Waals surface area contributed by atoms with Gasteiger partial charge < -0.3 is 16.0 Å². The lowest BCUT2D eigenvalue weighted by Gasteiger charge is -2.22. The van der Waals surface area contributed by atoms with Gasteiger partial charge in [0.1, 0.15) is 0 Å². The Hall–Kier alpha value is -2.08. The maximum atomic E-state index is 12.5. The molecule has 0 bridgehead atoms. The van der Waals surface area contributed by atoms with Gasteiger partial charge in [-0.05, 0) is 68.6 Å². The molecule has 0 spiro atoms. The van der Waals surface area contributed by atoms with E-state index in [2.05, 4.69) is 16.0 Å². The molecule has 0 atom stereocenters. The Bertz CT molecular complexity index is 793. The summed E-state index contributed by atoms with van der Waals surface area (Å²) in [4.78, 5) is 24.7. The Morgan fingerprint density at radius 3 is 2.43 bits per heavy atom. The number of rotatable bonds is 6. The van der Waals surface area contributed by atoms with Crippen molar-refractivity contribution in [2.45, 2.75) is 25.7 Å². The maximum Gasteiger partial charge on any atom is 0.257 e. The maximum absolute atomic E-state index is 12.5. The van der Waals surface area contributed by atoms with Gasteiger partial charge in [-0.1, -0.05) is 29.8 Å². The minimum Gasteiger partial charge on any atom is -0.326 e. The third kappa shape index (κ3) is 6.51. The molecular weight excluding hydrogens is 397 g/mol. The zero-order chi connectivity index (χ0) is 19.1. The lowest BCUT2D eigenvalue weighted by Crippen LogP contribution is -2.28. The van der Waals surface area contributed by atoms with Crippen molar-refractivity contribution in [3.8, 4) is 0 Å². The number of hydrogen-bond donors (Lipinski definition) is 3. The number of anilines is 2. The number of carbonyl (C=O) groups is 2. The SMILES string of the molecule is Cl.O=C(CCC1CCNCC1)Nc1ccc(Cl)c(C(=O)Nc2ccccc2)c1. The van der Waals surface area contributed by atoms with E-state index in [1.165, 1.54) is 0 Å². The lowest BCUT2D eigenvalue weighted by atomic mass is 9.93. The van der Waals surface area contributed by atoms with Crippen molar-refractivity contribution in [2.24, 2.45) is 5.92 Å². The van der Waals surface area contributed by atoms with E-state index >= 15 is 0 Å². The molecule has 5 nitrogen and oxygen atoms in total. The van der Waals surface area contributed by atoms with E-state index in [1.54, 1.807) is 30.3 Å². The number of benzene rings is 2. The van der Waals surface area contributed by atoms with E-state index in [-0.39, 0.29) is 24.2 Å². The highest BCUT2D eigenvalue weighted by Crippen LogP contribution is 2.23. The van der Waals surface area contributed by atoms with E-state index in [0.29, 0.717) is 34.3 Å². The quantitative estimate of drug-likeness (QED) is 0.630. The van der Waals surface area contributed by atoms with E-state index < -0.39 is 0 Å². The molecule has 1 saturated heterocycles. The van der Waals surface area contributed by atoms with E-state index in [0.717, 1.165) is 32.4 Å². The highest BCUT2D eigenvalue weighted by atomic mass is 35.5. The molecule has 0 aliphatic carbocycles. The Morgan fingerprint density at radius 1 is 1.00 bits per heavy atom. The molecule has 1 aliphatic rings. The Balaban J connectivity index is 0.00000280. The monoisotopic (exact) mass is 421 g/mol. The van der Waals surface area contributed by atoms with Gasteiger partial charge in [0.25, 0.3) is 5.91 Å². The fourth-order valence-electron chi connectivity index (χ4n) is 3.23. The fraction of sp³-hybridized carbons (Fsp3) is 0.333. The number of hydrogen-bond acceptors (Lipinski definition) is 3. The average molecular weight is 422 g/mol. The zero-order valence-corrected chi connectivity index (χ0v) is 17.1. The molecule has 1 aliphatic heterocycles. The van der Waals surface area contributed by atoms with Crippen molar-refractivity contribution in [3.05, 3.63) is 59.1 Å². The molecule has 7 heteroatoms. The molecule has 2 aromatic rings. The van der Waals surface area contributed by atoms with Crippen LogP contribution in [0.1, 0.15) is 36.0 Å².